The van der Waals surface area contributed by atoms with Crippen LogP contribution in [0.25, 0.3) is 0 Å². The standard InChI is InChI=1S/C20H27N5O3/c1-20(2)12-25(8-9-28-20)14-5-7-16(18(11-14)27-3)21-19(26)13-4-6-15-17(10-13)23-24-22-15/h5,7,11,13H,4,6,8-10,12H2,1-3H3,(H,21,26)(H,22,23,24)/t13-/m0/s1. The molecule has 1 aliphatic heterocycles. The number of benzene rings is 1. The highest BCUT2D eigenvalue weighted by Crippen LogP contribution is 2.33. The minimum atomic E-state index is -0.181. The summed E-state index contributed by atoms with van der Waals surface area (Å²) in [6.07, 6.45) is 2.16. The SMILES string of the molecule is COc1cc(N2CCOC(C)(C)C2)ccc1NC(=O)[C@H]1CCc2n[nH]nc2C1. The second-order valence-corrected chi connectivity index (χ2v) is 8.06. The van der Waals surface area contributed by atoms with Crippen molar-refractivity contribution >= 4 is 17.3 Å². The normalized spacial score (nSPS) is 21.1. The zero-order valence-corrected chi connectivity index (χ0v) is 16.6. The molecular weight excluding hydrogens is 358 g/mol. The third-order valence-electron chi connectivity index (χ3n) is 5.48. The second-order valence-electron chi connectivity index (χ2n) is 8.06. The first-order valence-electron chi connectivity index (χ1n) is 9.71. The topological polar surface area (TPSA) is 92.4 Å². The Morgan fingerprint density at radius 2 is 2.18 bits per heavy atom. The number of nitrogens with one attached hydrogen (secondary N) is 2. The van der Waals surface area contributed by atoms with Crippen LogP contribution in [0.2, 0.25) is 0 Å². The van der Waals surface area contributed by atoms with Gasteiger partial charge in [0.2, 0.25) is 5.91 Å². The van der Waals surface area contributed by atoms with Crippen molar-refractivity contribution in [1.29, 1.82) is 0 Å². The van der Waals surface area contributed by atoms with Crippen LogP contribution in [0.4, 0.5) is 11.4 Å². The van der Waals surface area contributed by atoms with Gasteiger partial charge in [0.25, 0.3) is 0 Å². The number of hydrogen-bond donors (Lipinski definition) is 2. The first kappa shape index (κ1) is 18.7. The fourth-order valence-electron chi connectivity index (χ4n) is 3.96. The Morgan fingerprint density at radius 1 is 1.36 bits per heavy atom. The summed E-state index contributed by atoms with van der Waals surface area (Å²) in [5.74, 6) is 0.544. The Labute approximate surface area is 164 Å². The molecule has 1 amide bonds. The van der Waals surface area contributed by atoms with Crippen LogP contribution in [0.5, 0.6) is 5.75 Å². The monoisotopic (exact) mass is 385 g/mol. The third-order valence-corrected chi connectivity index (χ3v) is 5.48. The summed E-state index contributed by atoms with van der Waals surface area (Å²) in [5.41, 5.74) is 3.44. The minimum Gasteiger partial charge on any atom is -0.494 e. The van der Waals surface area contributed by atoms with Crippen molar-refractivity contribution in [3.63, 3.8) is 0 Å². The molecule has 8 nitrogen and oxygen atoms in total. The number of carbonyl (C=O) groups excluding carboxylic acids is 1. The largest absolute Gasteiger partial charge is 0.494 e. The zero-order valence-electron chi connectivity index (χ0n) is 16.6. The molecule has 0 bridgehead atoms. The van der Waals surface area contributed by atoms with Crippen molar-refractivity contribution in [1.82, 2.24) is 15.4 Å². The van der Waals surface area contributed by atoms with E-state index in [9.17, 15) is 4.79 Å². The van der Waals surface area contributed by atoms with Gasteiger partial charge in [0.1, 0.15) is 5.75 Å². The first-order chi connectivity index (χ1) is 13.4. The van der Waals surface area contributed by atoms with E-state index in [4.69, 9.17) is 9.47 Å². The Balaban J connectivity index is 1.47. The fraction of sp³-hybridized carbons (Fsp3) is 0.550. The van der Waals surface area contributed by atoms with E-state index < -0.39 is 0 Å². The molecule has 0 saturated carbocycles. The van der Waals surface area contributed by atoms with E-state index >= 15 is 0 Å². The van der Waals surface area contributed by atoms with Crippen LogP contribution >= 0.6 is 0 Å². The van der Waals surface area contributed by atoms with Gasteiger partial charge < -0.3 is 19.7 Å². The number of rotatable bonds is 4. The predicted octanol–water partition coefficient (Wildman–Crippen LogP) is 2.17. The molecule has 0 unspecified atom stereocenters. The molecule has 2 aromatic rings. The lowest BCUT2D eigenvalue weighted by Crippen LogP contribution is -2.48. The fourth-order valence-corrected chi connectivity index (χ4v) is 3.96. The number of aryl methyl sites for hydroxylation is 1. The van der Waals surface area contributed by atoms with Gasteiger partial charge in [0, 0.05) is 37.2 Å². The van der Waals surface area contributed by atoms with E-state index in [0.29, 0.717) is 24.5 Å². The van der Waals surface area contributed by atoms with Crippen molar-refractivity contribution in [2.45, 2.75) is 38.7 Å². The van der Waals surface area contributed by atoms with E-state index in [1.165, 1.54) is 0 Å². The van der Waals surface area contributed by atoms with Gasteiger partial charge in [-0.2, -0.15) is 15.4 Å². The van der Waals surface area contributed by atoms with E-state index in [0.717, 1.165) is 43.0 Å². The average Bonchev–Trinajstić information content (AvgIpc) is 3.15. The molecule has 2 heterocycles. The number of aromatic amines is 1. The van der Waals surface area contributed by atoms with Crippen molar-refractivity contribution < 1.29 is 14.3 Å². The summed E-state index contributed by atoms with van der Waals surface area (Å²) in [6.45, 7) is 6.52. The lowest BCUT2D eigenvalue weighted by Gasteiger charge is -2.39. The molecule has 2 N–H and O–H groups in total. The van der Waals surface area contributed by atoms with Gasteiger partial charge in [-0.25, -0.2) is 0 Å². The molecule has 0 radical (unpaired) electrons. The second kappa shape index (κ2) is 7.43. The van der Waals surface area contributed by atoms with Gasteiger partial charge in [-0.1, -0.05) is 0 Å². The number of carbonyl (C=O) groups is 1. The third kappa shape index (κ3) is 3.82. The molecule has 1 aromatic carbocycles. The van der Waals surface area contributed by atoms with Crippen LogP contribution in [0.1, 0.15) is 31.7 Å². The lowest BCUT2D eigenvalue weighted by molar-refractivity contribution is -0.120. The molecule has 0 spiro atoms. The number of methoxy groups -OCH3 is 1. The molecule has 28 heavy (non-hydrogen) atoms. The number of fused-ring (bicyclic) bond motifs is 1. The summed E-state index contributed by atoms with van der Waals surface area (Å²) in [5, 5.41) is 14.0. The molecule has 8 heteroatoms. The van der Waals surface area contributed by atoms with Crippen LogP contribution in [0.15, 0.2) is 18.2 Å². The molecule has 1 atom stereocenters. The summed E-state index contributed by atoms with van der Waals surface area (Å²) in [6, 6.07) is 5.92. The number of anilines is 2. The van der Waals surface area contributed by atoms with Gasteiger partial charge in [0.15, 0.2) is 0 Å². The summed E-state index contributed by atoms with van der Waals surface area (Å²) in [4.78, 5) is 15.1. The Hall–Kier alpha value is -2.61. The van der Waals surface area contributed by atoms with E-state index in [1.54, 1.807) is 7.11 Å². The van der Waals surface area contributed by atoms with Crippen molar-refractivity contribution in [3.8, 4) is 5.75 Å². The zero-order chi connectivity index (χ0) is 19.7. The number of hydrogen-bond acceptors (Lipinski definition) is 6. The summed E-state index contributed by atoms with van der Waals surface area (Å²) in [7, 11) is 1.63. The molecule has 150 valence electrons. The maximum Gasteiger partial charge on any atom is 0.227 e. The first-order valence-corrected chi connectivity index (χ1v) is 9.71. The van der Waals surface area contributed by atoms with Crippen molar-refractivity contribution in [3.05, 3.63) is 29.6 Å². The number of nitrogens with zero attached hydrogens (tertiary/aromatic N) is 3. The van der Waals surface area contributed by atoms with E-state index in [2.05, 4.69) is 39.5 Å². The van der Waals surface area contributed by atoms with Gasteiger partial charge in [0.05, 0.1) is 36.4 Å². The van der Waals surface area contributed by atoms with Crippen LogP contribution in [0.3, 0.4) is 0 Å². The van der Waals surface area contributed by atoms with Crippen molar-refractivity contribution in [2.24, 2.45) is 5.92 Å². The molecule has 4 rings (SSSR count). The molecule has 2 aliphatic rings. The summed E-state index contributed by atoms with van der Waals surface area (Å²) >= 11 is 0. The smallest absolute Gasteiger partial charge is 0.227 e. The molecule has 1 aliphatic carbocycles. The highest BCUT2D eigenvalue weighted by molar-refractivity contribution is 5.94. The van der Waals surface area contributed by atoms with Crippen LogP contribution < -0.4 is 15.0 Å². The van der Waals surface area contributed by atoms with Gasteiger partial charge in [-0.15, -0.1) is 0 Å². The predicted molar refractivity (Wildman–Crippen MR) is 106 cm³/mol. The minimum absolute atomic E-state index is 0.00722. The quantitative estimate of drug-likeness (QED) is 0.838. The van der Waals surface area contributed by atoms with Crippen LogP contribution in [0, 0.1) is 5.92 Å². The van der Waals surface area contributed by atoms with Crippen LogP contribution in [-0.4, -0.2) is 53.7 Å². The van der Waals surface area contributed by atoms with E-state index in [1.807, 2.05) is 18.2 Å². The number of ether oxygens (including phenoxy) is 2. The number of morpholine rings is 1. The van der Waals surface area contributed by atoms with E-state index in [-0.39, 0.29) is 17.4 Å². The maximum absolute atomic E-state index is 12.8. The van der Waals surface area contributed by atoms with Crippen LogP contribution in [-0.2, 0) is 22.4 Å². The molecule has 1 fully saturated rings. The Bertz CT molecular complexity index is 863. The molecular formula is C20H27N5O3. The number of aromatic nitrogens is 3. The van der Waals surface area contributed by atoms with Gasteiger partial charge in [-0.3, -0.25) is 4.79 Å². The van der Waals surface area contributed by atoms with Gasteiger partial charge in [-0.05, 0) is 38.8 Å². The molecule has 1 saturated heterocycles. The lowest BCUT2D eigenvalue weighted by atomic mass is 9.89. The average molecular weight is 385 g/mol. The van der Waals surface area contributed by atoms with Crippen molar-refractivity contribution in [2.75, 3.05) is 37.0 Å². The number of H-pyrrole nitrogens is 1. The Kier molecular flexibility index (Phi) is 4.97. The number of amides is 1. The highest BCUT2D eigenvalue weighted by atomic mass is 16.5. The molecule has 1 aromatic heterocycles. The summed E-state index contributed by atoms with van der Waals surface area (Å²) < 4.78 is 11.4. The van der Waals surface area contributed by atoms with Gasteiger partial charge >= 0.3 is 0 Å². The maximum atomic E-state index is 12.8. The highest BCUT2D eigenvalue weighted by Gasteiger charge is 2.29. The Morgan fingerprint density at radius 3 is 2.96 bits per heavy atom.